The maximum absolute atomic E-state index is 14.6. The molecule has 6 atom stereocenters. The van der Waals surface area contributed by atoms with E-state index in [9.17, 15) is 19.5 Å². The Bertz CT molecular complexity index is 1140. The molecule has 218 valence electrons. The average Bonchev–Trinajstić information content (AvgIpc) is 3.56. The zero-order valence-electron chi connectivity index (χ0n) is 23.9. The molecule has 3 saturated heterocycles. The third-order valence-corrected chi connectivity index (χ3v) is 9.32. The second-order valence-corrected chi connectivity index (χ2v) is 11.5. The highest BCUT2D eigenvalue weighted by atomic mass is 35.5. The molecular formula is C31H42ClN3O5. The van der Waals surface area contributed by atoms with Gasteiger partial charge < -0.3 is 24.5 Å². The molecule has 1 spiro atoms. The maximum Gasteiger partial charge on any atom is 0.253 e. The summed E-state index contributed by atoms with van der Waals surface area (Å²) in [7, 11) is 0. The number of fused-ring (bicyclic) bond motifs is 1. The number of likely N-dealkylation sites (tertiary alicyclic amines) is 1. The number of carbonyl (C=O) groups is 3. The molecule has 0 saturated carbocycles. The number of hydrogen-bond donors (Lipinski definition) is 1. The second kappa shape index (κ2) is 12.0. The van der Waals surface area contributed by atoms with E-state index in [-0.39, 0.29) is 30.9 Å². The molecule has 1 aromatic rings. The molecule has 9 heteroatoms. The highest BCUT2D eigenvalue weighted by Crippen LogP contribution is 2.65. The first-order chi connectivity index (χ1) is 19.2. The molecule has 0 aromatic heterocycles. The molecular weight excluding hydrogens is 530 g/mol. The van der Waals surface area contributed by atoms with Crippen LogP contribution in [-0.2, 0) is 19.1 Å². The quantitative estimate of drug-likeness (QED) is 0.358. The Kier molecular flexibility index (Phi) is 9.12. The molecule has 0 radical (unpaired) electrons. The number of aliphatic hydroxyl groups excluding tert-OH is 1. The normalized spacial score (nSPS) is 29.3. The van der Waals surface area contributed by atoms with E-state index in [1.807, 2.05) is 20.8 Å². The van der Waals surface area contributed by atoms with Crippen LogP contribution >= 0.6 is 11.6 Å². The van der Waals surface area contributed by atoms with Crippen molar-refractivity contribution in [2.75, 3.05) is 31.1 Å². The molecule has 4 rings (SSSR count). The summed E-state index contributed by atoms with van der Waals surface area (Å²) >= 11 is 6.13. The minimum absolute atomic E-state index is 0.130. The van der Waals surface area contributed by atoms with Crippen LogP contribution in [0.25, 0.3) is 0 Å². The number of ether oxygens (including phenoxy) is 1. The molecule has 2 unspecified atom stereocenters. The summed E-state index contributed by atoms with van der Waals surface area (Å²) in [6.07, 6.45) is 6.16. The van der Waals surface area contributed by atoms with Crippen molar-refractivity contribution in [1.82, 2.24) is 9.80 Å². The Morgan fingerprint density at radius 3 is 2.38 bits per heavy atom. The van der Waals surface area contributed by atoms with Crippen molar-refractivity contribution in [3.05, 3.63) is 54.6 Å². The van der Waals surface area contributed by atoms with E-state index in [0.717, 1.165) is 6.42 Å². The summed E-state index contributed by atoms with van der Waals surface area (Å²) < 4.78 is 6.91. The van der Waals surface area contributed by atoms with Gasteiger partial charge >= 0.3 is 0 Å². The first-order valence-electron chi connectivity index (χ1n) is 14.4. The van der Waals surface area contributed by atoms with Crippen molar-refractivity contribution in [2.24, 2.45) is 11.8 Å². The lowest BCUT2D eigenvalue weighted by Gasteiger charge is -2.39. The van der Waals surface area contributed by atoms with Gasteiger partial charge in [0, 0.05) is 30.3 Å². The van der Waals surface area contributed by atoms with Crippen LogP contribution in [0.3, 0.4) is 0 Å². The van der Waals surface area contributed by atoms with E-state index < -0.39 is 35.1 Å². The van der Waals surface area contributed by atoms with Crippen molar-refractivity contribution in [1.29, 1.82) is 0 Å². The fourth-order valence-corrected chi connectivity index (χ4v) is 7.38. The number of hydrogen-bond acceptors (Lipinski definition) is 5. The fourth-order valence-electron chi connectivity index (χ4n) is 7.25. The van der Waals surface area contributed by atoms with E-state index in [1.54, 1.807) is 46.2 Å². The molecule has 8 nitrogen and oxygen atoms in total. The van der Waals surface area contributed by atoms with Gasteiger partial charge in [-0.3, -0.25) is 14.4 Å². The van der Waals surface area contributed by atoms with Gasteiger partial charge in [0.25, 0.3) is 5.91 Å². The summed E-state index contributed by atoms with van der Waals surface area (Å²) in [6, 6.07) is 5.35. The summed E-state index contributed by atoms with van der Waals surface area (Å²) in [5, 5.41) is 10.9. The van der Waals surface area contributed by atoms with Crippen LogP contribution in [0.5, 0.6) is 0 Å². The Hall–Kier alpha value is -2.68. The zero-order chi connectivity index (χ0) is 29.2. The van der Waals surface area contributed by atoms with E-state index in [2.05, 4.69) is 13.2 Å². The average molecular weight is 572 g/mol. The number of nitrogens with zero attached hydrogens (tertiary/aromatic N) is 3. The number of halogens is 1. The number of aliphatic hydroxyl groups is 1. The summed E-state index contributed by atoms with van der Waals surface area (Å²) in [5.74, 6) is -2.28. The molecule has 2 bridgehead atoms. The molecule has 3 heterocycles. The Balaban J connectivity index is 1.86. The first kappa shape index (κ1) is 30.3. The molecule has 3 aliphatic rings. The predicted octanol–water partition coefficient (Wildman–Crippen LogP) is 4.21. The van der Waals surface area contributed by atoms with Crippen LogP contribution in [0.15, 0.2) is 49.6 Å². The minimum atomic E-state index is -1.18. The number of rotatable bonds is 13. The van der Waals surface area contributed by atoms with Gasteiger partial charge in [-0.2, -0.15) is 0 Å². The van der Waals surface area contributed by atoms with Crippen molar-refractivity contribution in [2.45, 2.75) is 76.2 Å². The summed E-state index contributed by atoms with van der Waals surface area (Å²) in [4.78, 5) is 48.1. The molecule has 3 fully saturated rings. The van der Waals surface area contributed by atoms with Gasteiger partial charge in [0.2, 0.25) is 11.8 Å². The summed E-state index contributed by atoms with van der Waals surface area (Å²) in [6.45, 7) is 14.4. The van der Waals surface area contributed by atoms with E-state index in [4.69, 9.17) is 16.3 Å². The van der Waals surface area contributed by atoms with Gasteiger partial charge in [0.05, 0.1) is 30.1 Å². The predicted molar refractivity (Wildman–Crippen MR) is 156 cm³/mol. The van der Waals surface area contributed by atoms with Crippen molar-refractivity contribution >= 4 is 35.0 Å². The van der Waals surface area contributed by atoms with Crippen LogP contribution in [0.2, 0.25) is 5.02 Å². The number of anilines is 1. The number of amides is 3. The standard InChI is InChI=1S/C31H42ClN3O5/c1-6-17-33(18-7-2)27(37)24-25-28(38)35(22(9-4)20-36)26(31(25)16-15-30(24,10-5)40-31)29(39)34(19-8-3)23-13-11-21(32)12-14-23/h6,8,11-14,22,24-26,36H,1,3,7,9-10,15-20H2,2,4-5H3/t22-,24-,25-,26?,30+,31?/m0/s1. The highest BCUT2D eigenvalue weighted by molar-refractivity contribution is 6.30. The monoisotopic (exact) mass is 571 g/mol. The number of carbonyl (C=O) groups excluding carboxylic acids is 3. The van der Waals surface area contributed by atoms with Crippen LogP contribution in [-0.4, -0.2) is 82.2 Å². The smallest absolute Gasteiger partial charge is 0.253 e. The summed E-state index contributed by atoms with van der Waals surface area (Å²) in [5.41, 5.74) is -1.39. The van der Waals surface area contributed by atoms with Crippen LogP contribution in [0.1, 0.15) is 52.9 Å². The lowest BCUT2D eigenvalue weighted by atomic mass is 9.64. The van der Waals surface area contributed by atoms with Gasteiger partial charge in [-0.1, -0.05) is 44.5 Å². The van der Waals surface area contributed by atoms with Gasteiger partial charge in [-0.25, -0.2) is 0 Å². The topological polar surface area (TPSA) is 90.4 Å². The van der Waals surface area contributed by atoms with Crippen molar-refractivity contribution in [3.63, 3.8) is 0 Å². The molecule has 3 aliphatic heterocycles. The first-order valence-corrected chi connectivity index (χ1v) is 14.8. The molecule has 0 aliphatic carbocycles. The Morgan fingerprint density at radius 1 is 1.15 bits per heavy atom. The Morgan fingerprint density at radius 2 is 1.82 bits per heavy atom. The third kappa shape index (κ3) is 4.68. The van der Waals surface area contributed by atoms with E-state index in [1.165, 1.54) is 4.90 Å². The third-order valence-electron chi connectivity index (χ3n) is 9.06. The van der Waals surface area contributed by atoms with Crippen molar-refractivity contribution < 1.29 is 24.2 Å². The van der Waals surface area contributed by atoms with E-state index >= 15 is 0 Å². The largest absolute Gasteiger partial charge is 0.394 e. The molecule has 1 aromatic carbocycles. The van der Waals surface area contributed by atoms with Gasteiger partial charge in [-0.05, 0) is 56.4 Å². The van der Waals surface area contributed by atoms with Crippen molar-refractivity contribution in [3.8, 4) is 0 Å². The van der Waals surface area contributed by atoms with Gasteiger partial charge in [0.15, 0.2) is 0 Å². The number of benzene rings is 1. The zero-order valence-corrected chi connectivity index (χ0v) is 24.6. The SMILES string of the molecule is C=CCN(CCC)C(=O)[C@@H]1[C@H]2C(=O)N([C@@H](CC)CO)C(C(=O)N(CC=C)c3ccc(Cl)cc3)C23CC[C@@]1(CC)O3. The molecule has 40 heavy (non-hydrogen) atoms. The van der Waals surface area contributed by atoms with Crippen LogP contribution in [0, 0.1) is 11.8 Å². The Labute approximate surface area is 242 Å². The lowest BCUT2D eigenvalue weighted by Crippen LogP contribution is -2.59. The van der Waals surface area contributed by atoms with Gasteiger partial charge in [-0.15, -0.1) is 13.2 Å². The van der Waals surface area contributed by atoms with Crippen LogP contribution < -0.4 is 4.90 Å². The van der Waals surface area contributed by atoms with Gasteiger partial charge in [0.1, 0.15) is 11.6 Å². The van der Waals surface area contributed by atoms with Crippen LogP contribution in [0.4, 0.5) is 5.69 Å². The maximum atomic E-state index is 14.6. The lowest BCUT2D eigenvalue weighted by molar-refractivity contribution is -0.153. The van der Waals surface area contributed by atoms with E-state index in [0.29, 0.717) is 49.5 Å². The fraction of sp³-hybridized carbons (Fsp3) is 0.581. The molecule has 1 N–H and O–H groups in total. The molecule has 3 amide bonds. The second-order valence-electron chi connectivity index (χ2n) is 11.1. The highest BCUT2D eigenvalue weighted by Gasteiger charge is 2.79. The minimum Gasteiger partial charge on any atom is -0.394 e.